The van der Waals surface area contributed by atoms with Crippen molar-refractivity contribution >= 4 is 5.91 Å². The first kappa shape index (κ1) is 17.3. The zero-order valence-electron chi connectivity index (χ0n) is 15.0. The second-order valence-electron chi connectivity index (χ2n) is 7.37. The second-order valence-corrected chi connectivity index (χ2v) is 7.37. The summed E-state index contributed by atoms with van der Waals surface area (Å²) in [7, 11) is 0. The molecule has 0 atom stereocenters. The Labute approximate surface area is 145 Å². The number of hydrogen-bond donors (Lipinski definition) is 0. The zero-order chi connectivity index (χ0) is 16.9. The zero-order valence-corrected chi connectivity index (χ0v) is 15.0. The van der Waals surface area contributed by atoms with Gasteiger partial charge in [-0.25, -0.2) is 0 Å². The third-order valence-electron chi connectivity index (χ3n) is 5.40. The molecular weight excluding hydrogens is 300 g/mol. The molecule has 2 fully saturated rings. The molecule has 1 saturated carbocycles. The van der Waals surface area contributed by atoms with Crippen molar-refractivity contribution in [2.45, 2.75) is 51.5 Å². The monoisotopic (exact) mass is 330 g/mol. The summed E-state index contributed by atoms with van der Waals surface area (Å²) < 4.78 is 5.73. The van der Waals surface area contributed by atoms with Crippen LogP contribution in [0.2, 0.25) is 0 Å². The molecule has 0 unspecified atom stereocenters. The highest BCUT2D eigenvalue weighted by Crippen LogP contribution is 2.24. The van der Waals surface area contributed by atoms with Crippen molar-refractivity contribution in [3.63, 3.8) is 0 Å². The van der Waals surface area contributed by atoms with Crippen LogP contribution < -0.4 is 4.74 Å². The third-order valence-corrected chi connectivity index (χ3v) is 5.40. The summed E-state index contributed by atoms with van der Waals surface area (Å²) in [5, 5.41) is 0. The Bertz CT molecular complexity index is 544. The predicted molar refractivity (Wildman–Crippen MR) is 96.4 cm³/mol. The van der Waals surface area contributed by atoms with E-state index in [1.54, 1.807) is 0 Å². The van der Waals surface area contributed by atoms with Crippen LogP contribution >= 0.6 is 0 Å². The normalized spacial score (nSPS) is 19.9. The van der Waals surface area contributed by atoms with Gasteiger partial charge in [0.05, 0.1) is 0 Å². The van der Waals surface area contributed by atoms with E-state index in [1.165, 1.54) is 31.2 Å². The minimum Gasteiger partial charge on any atom is -0.484 e. The lowest BCUT2D eigenvalue weighted by molar-refractivity contribution is -0.135. The fourth-order valence-electron chi connectivity index (χ4n) is 3.81. The van der Waals surface area contributed by atoms with Crippen LogP contribution in [-0.4, -0.2) is 54.5 Å². The van der Waals surface area contributed by atoms with Gasteiger partial charge in [-0.1, -0.05) is 38.8 Å². The number of rotatable bonds is 5. The van der Waals surface area contributed by atoms with E-state index in [4.69, 9.17) is 4.74 Å². The molecule has 132 valence electrons. The van der Waals surface area contributed by atoms with Crippen molar-refractivity contribution in [2.75, 3.05) is 32.8 Å². The standard InChI is InChI=1S/C20H30N2O2/c1-16(2)17-6-5-9-19(14-17)24-15-20(23)22-12-10-21(11-13-22)18-7-3-4-8-18/h5-6,9,14,16,18H,3-4,7-8,10-13,15H2,1-2H3. The number of nitrogens with zero attached hydrogens (tertiary/aromatic N) is 2. The number of hydrogen-bond acceptors (Lipinski definition) is 3. The van der Waals surface area contributed by atoms with Crippen LogP contribution in [0.4, 0.5) is 0 Å². The maximum atomic E-state index is 12.4. The van der Waals surface area contributed by atoms with Crippen LogP contribution in [0.5, 0.6) is 5.75 Å². The Morgan fingerprint density at radius 1 is 1.17 bits per heavy atom. The highest BCUT2D eigenvalue weighted by atomic mass is 16.5. The molecule has 0 aromatic heterocycles. The molecule has 1 saturated heterocycles. The van der Waals surface area contributed by atoms with E-state index in [0.29, 0.717) is 5.92 Å². The molecule has 2 aliphatic rings. The molecule has 3 rings (SSSR count). The van der Waals surface area contributed by atoms with Gasteiger partial charge in [0.25, 0.3) is 5.91 Å². The van der Waals surface area contributed by atoms with E-state index in [2.05, 4.69) is 24.8 Å². The Morgan fingerprint density at radius 3 is 2.54 bits per heavy atom. The topological polar surface area (TPSA) is 32.8 Å². The van der Waals surface area contributed by atoms with Crippen molar-refractivity contribution in [2.24, 2.45) is 0 Å². The van der Waals surface area contributed by atoms with Gasteiger partial charge in [-0.15, -0.1) is 0 Å². The SMILES string of the molecule is CC(C)c1cccc(OCC(=O)N2CCN(C3CCCC3)CC2)c1. The lowest BCUT2D eigenvalue weighted by Crippen LogP contribution is -2.52. The van der Waals surface area contributed by atoms with Crippen molar-refractivity contribution < 1.29 is 9.53 Å². The molecular formula is C20H30N2O2. The fraction of sp³-hybridized carbons (Fsp3) is 0.650. The van der Waals surface area contributed by atoms with Crippen molar-refractivity contribution in [1.82, 2.24) is 9.80 Å². The number of piperazine rings is 1. The van der Waals surface area contributed by atoms with Gasteiger partial charge in [0.1, 0.15) is 5.75 Å². The van der Waals surface area contributed by atoms with E-state index < -0.39 is 0 Å². The fourth-order valence-corrected chi connectivity index (χ4v) is 3.81. The van der Waals surface area contributed by atoms with Crippen LogP contribution in [0.15, 0.2) is 24.3 Å². The highest BCUT2D eigenvalue weighted by Gasteiger charge is 2.27. The summed E-state index contributed by atoms with van der Waals surface area (Å²) >= 11 is 0. The maximum absolute atomic E-state index is 12.4. The summed E-state index contributed by atoms with van der Waals surface area (Å²) in [5.41, 5.74) is 1.24. The van der Waals surface area contributed by atoms with Gasteiger partial charge in [0.15, 0.2) is 6.61 Å². The van der Waals surface area contributed by atoms with Crippen molar-refractivity contribution in [3.05, 3.63) is 29.8 Å². The lowest BCUT2D eigenvalue weighted by atomic mass is 10.0. The summed E-state index contributed by atoms with van der Waals surface area (Å²) in [4.78, 5) is 16.9. The van der Waals surface area contributed by atoms with Gasteiger partial charge in [0.2, 0.25) is 0 Å². The van der Waals surface area contributed by atoms with E-state index >= 15 is 0 Å². The van der Waals surface area contributed by atoms with E-state index in [9.17, 15) is 4.79 Å². The average Bonchev–Trinajstić information content (AvgIpc) is 3.14. The quantitative estimate of drug-likeness (QED) is 0.830. The molecule has 0 spiro atoms. The predicted octanol–water partition coefficient (Wildman–Crippen LogP) is 3.28. The van der Waals surface area contributed by atoms with Gasteiger partial charge in [-0.05, 0) is 36.5 Å². The molecule has 4 nitrogen and oxygen atoms in total. The second kappa shape index (κ2) is 8.02. The maximum Gasteiger partial charge on any atom is 0.260 e. The Hall–Kier alpha value is -1.55. The van der Waals surface area contributed by atoms with Gasteiger partial charge in [-0.3, -0.25) is 9.69 Å². The molecule has 1 aliphatic heterocycles. The molecule has 0 N–H and O–H groups in total. The molecule has 1 aliphatic carbocycles. The Kier molecular flexibility index (Phi) is 5.77. The largest absolute Gasteiger partial charge is 0.484 e. The summed E-state index contributed by atoms with van der Waals surface area (Å²) in [6.07, 6.45) is 5.41. The Balaban J connectivity index is 1.45. The summed E-state index contributed by atoms with van der Waals surface area (Å²) in [6, 6.07) is 8.82. The van der Waals surface area contributed by atoms with E-state index in [-0.39, 0.29) is 12.5 Å². The number of carbonyl (C=O) groups is 1. The number of benzene rings is 1. The number of ether oxygens (including phenoxy) is 1. The molecule has 1 amide bonds. The average molecular weight is 330 g/mol. The molecule has 1 aromatic carbocycles. The van der Waals surface area contributed by atoms with Crippen molar-refractivity contribution in [3.8, 4) is 5.75 Å². The van der Waals surface area contributed by atoms with Gasteiger partial charge in [-0.2, -0.15) is 0 Å². The minimum atomic E-state index is 0.107. The number of amides is 1. The van der Waals surface area contributed by atoms with Crippen LogP contribution in [0.25, 0.3) is 0 Å². The number of carbonyl (C=O) groups excluding carboxylic acids is 1. The lowest BCUT2D eigenvalue weighted by Gasteiger charge is -2.38. The van der Waals surface area contributed by atoms with Crippen LogP contribution in [0.1, 0.15) is 51.0 Å². The first-order chi connectivity index (χ1) is 11.6. The molecule has 4 heteroatoms. The molecule has 1 heterocycles. The van der Waals surface area contributed by atoms with Crippen molar-refractivity contribution in [1.29, 1.82) is 0 Å². The first-order valence-corrected chi connectivity index (χ1v) is 9.38. The van der Waals surface area contributed by atoms with E-state index in [1.807, 2.05) is 23.1 Å². The third kappa shape index (κ3) is 4.29. The van der Waals surface area contributed by atoms with Gasteiger partial charge < -0.3 is 9.64 Å². The van der Waals surface area contributed by atoms with Gasteiger partial charge >= 0.3 is 0 Å². The highest BCUT2D eigenvalue weighted by molar-refractivity contribution is 5.77. The minimum absolute atomic E-state index is 0.107. The van der Waals surface area contributed by atoms with Crippen LogP contribution in [0, 0.1) is 0 Å². The smallest absolute Gasteiger partial charge is 0.260 e. The molecule has 1 aromatic rings. The summed E-state index contributed by atoms with van der Waals surface area (Å²) in [5.74, 6) is 1.36. The molecule has 0 radical (unpaired) electrons. The molecule has 0 bridgehead atoms. The first-order valence-electron chi connectivity index (χ1n) is 9.38. The van der Waals surface area contributed by atoms with E-state index in [0.717, 1.165) is 38.0 Å². The van der Waals surface area contributed by atoms with Crippen LogP contribution in [-0.2, 0) is 4.79 Å². The van der Waals surface area contributed by atoms with Crippen LogP contribution in [0.3, 0.4) is 0 Å². The molecule has 24 heavy (non-hydrogen) atoms. The summed E-state index contributed by atoms with van der Waals surface area (Å²) in [6.45, 7) is 8.17. The van der Waals surface area contributed by atoms with Gasteiger partial charge in [0, 0.05) is 32.2 Å². The Morgan fingerprint density at radius 2 is 1.88 bits per heavy atom.